The molecular weight excluding hydrogens is 522 g/mol. The van der Waals surface area contributed by atoms with Crippen molar-refractivity contribution in [3.05, 3.63) is 94.5 Å². The maximum atomic E-state index is 14.0. The molecule has 0 fully saturated rings. The Morgan fingerprint density at radius 1 is 0.921 bits per heavy atom. The third-order valence-electron chi connectivity index (χ3n) is 6.28. The number of carbonyl (C=O) groups is 2. The number of aryl methyl sites for hydroxylation is 2. The van der Waals surface area contributed by atoms with Gasteiger partial charge >= 0.3 is 0 Å². The predicted molar refractivity (Wildman–Crippen MR) is 152 cm³/mol. The fraction of sp³-hybridized carbons (Fsp3) is 0.310. The molecule has 0 radical (unpaired) electrons. The van der Waals surface area contributed by atoms with Crippen molar-refractivity contribution in [2.45, 2.75) is 51.6 Å². The van der Waals surface area contributed by atoms with Crippen LogP contribution in [0.1, 0.15) is 37.0 Å². The van der Waals surface area contributed by atoms with Gasteiger partial charge in [-0.15, -0.1) is 0 Å². The molecule has 38 heavy (non-hydrogen) atoms. The fourth-order valence-corrected chi connectivity index (χ4v) is 5.80. The summed E-state index contributed by atoms with van der Waals surface area (Å²) in [5.74, 6) is -0.761. The van der Waals surface area contributed by atoms with Crippen LogP contribution in [0.2, 0.25) is 5.02 Å². The Morgan fingerprint density at radius 2 is 1.55 bits per heavy atom. The molecule has 3 rings (SSSR count). The van der Waals surface area contributed by atoms with Gasteiger partial charge in [0.2, 0.25) is 11.8 Å². The third-order valence-corrected chi connectivity index (χ3v) is 8.30. The molecule has 0 aliphatic rings. The van der Waals surface area contributed by atoms with Crippen molar-refractivity contribution < 1.29 is 18.0 Å². The van der Waals surface area contributed by atoms with E-state index < -0.39 is 28.5 Å². The second-order valence-electron chi connectivity index (χ2n) is 9.08. The van der Waals surface area contributed by atoms with E-state index in [0.29, 0.717) is 29.2 Å². The van der Waals surface area contributed by atoms with Crippen LogP contribution >= 0.6 is 11.6 Å². The van der Waals surface area contributed by atoms with E-state index in [-0.39, 0.29) is 17.3 Å². The van der Waals surface area contributed by atoms with Crippen molar-refractivity contribution in [3.8, 4) is 0 Å². The van der Waals surface area contributed by atoms with Gasteiger partial charge < -0.3 is 10.2 Å². The van der Waals surface area contributed by atoms with Crippen LogP contribution in [0.15, 0.2) is 77.7 Å². The monoisotopic (exact) mass is 555 g/mol. The summed E-state index contributed by atoms with van der Waals surface area (Å²) in [5.41, 5.74) is 2.99. The van der Waals surface area contributed by atoms with Gasteiger partial charge in [-0.1, -0.05) is 66.6 Å². The van der Waals surface area contributed by atoms with Gasteiger partial charge in [-0.3, -0.25) is 13.9 Å². The predicted octanol–water partition coefficient (Wildman–Crippen LogP) is 5.10. The zero-order valence-electron chi connectivity index (χ0n) is 22.1. The van der Waals surface area contributed by atoms with Crippen LogP contribution < -0.4 is 9.62 Å². The molecule has 0 aromatic heterocycles. The minimum atomic E-state index is -4.14. The van der Waals surface area contributed by atoms with Crippen LogP contribution in [0.4, 0.5) is 5.69 Å². The zero-order chi connectivity index (χ0) is 27.9. The van der Waals surface area contributed by atoms with Crippen molar-refractivity contribution in [1.82, 2.24) is 10.2 Å². The molecular formula is C29H34ClN3O4S. The number of anilines is 1. The average molecular weight is 556 g/mol. The van der Waals surface area contributed by atoms with E-state index in [2.05, 4.69) is 5.32 Å². The maximum Gasteiger partial charge on any atom is 0.264 e. The maximum absolute atomic E-state index is 14.0. The standard InChI is InChI=1S/C29H34ClN3O4S/c1-5-26(29(35)31-6-2)32(19-23-13-11-21(3)12-14-23)28(34)20-33(27-10-8-7-9-22(27)4)38(36,37)25-17-15-24(30)16-18-25/h7-18,26H,5-6,19-20H2,1-4H3,(H,31,35)/t26-/m0/s1. The second-order valence-corrected chi connectivity index (χ2v) is 11.4. The Morgan fingerprint density at radius 3 is 2.13 bits per heavy atom. The van der Waals surface area contributed by atoms with Crippen molar-refractivity contribution in [3.63, 3.8) is 0 Å². The van der Waals surface area contributed by atoms with E-state index in [1.807, 2.05) is 45.0 Å². The van der Waals surface area contributed by atoms with Crippen LogP contribution in [0.3, 0.4) is 0 Å². The lowest BCUT2D eigenvalue weighted by molar-refractivity contribution is -0.140. The molecule has 0 bridgehead atoms. The van der Waals surface area contributed by atoms with Crippen LogP contribution in [-0.2, 0) is 26.2 Å². The highest BCUT2D eigenvalue weighted by Gasteiger charge is 2.34. The Kier molecular flexibility index (Phi) is 9.94. The molecule has 1 N–H and O–H groups in total. The lowest BCUT2D eigenvalue weighted by Gasteiger charge is -2.33. The van der Waals surface area contributed by atoms with Crippen LogP contribution in [0, 0.1) is 13.8 Å². The van der Waals surface area contributed by atoms with Crippen LogP contribution in [0.5, 0.6) is 0 Å². The lowest BCUT2D eigenvalue weighted by Crippen LogP contribution is -2.52. The van der Waals surface area contributed by atoms with Crippen molar-refractivity contribution in [2.75, 3.05) is 17.4 Å². The molecule has 0 aliphatic carbocycles. The van der Waals surface area contributed by atoms with Gasteiger partial charge in [-0.05, 0) is 68.7 Å². The van der Waals surface area contributed by atoms with Gasteiger partial charge in [0, 0.05) is 18.1 Å². The number of benzene rings is 3. The number of hydrogen-bond acceptors (Lipinski definition) is 4. The van der Waals surface area contributed by atoms with Gasteiger partial charge in [-0.25, -0.2) is 8.42 Å². The van der Waals surface area contributed by atoms with Gasteiger partial charge in [0.15, 0.2) is 0 Å². The number of likely N-dealkylation sites (N-methyl/N-ethyl adjacent to an activating group) is 1. The summed E-state index contributed by atoms with van der Waals surface area (Å²) in [6, 6.07) is 19.8. The summed E-state index contributed by atoms with van der Waals surface area (Å²) >= 11 is 6.00. The van der Waals surface area contributed by atoms with E-state index in [1.165, 1.54) is 29.2 Å². The zero-order valence-corrected chi connectivity index (χ0v) is 23.7. The topological polar surface area (TPSA) is 86.8 Å². The minimum absolute atomic E-state index is 0.0128. The van der Waals surface area contributed by atoms with Gasteiger partial charge in [0.05, 0.1) is 10.6 Å². The number of sulfonamides is 1. The molecule has 3 aromatic carbocycles. The van der Waals surface area contributed by atoms with E-state index in [0.717, 1.165) is 15.4 Å². The first-order valence-corrected chi connectivity index (χ1v) is 14.4. The molecule has 202 valence electrons. The molecule has 3 aromatic rings. The van der Waals surface area contributed by atoms with Crippen molar-refractivity contribution in [1.29, 1.82) is 0 Å². The molecule has 0 unspecified atom stereocenters. The number of nitrogens with zero attached hydrogens (tertiary/aromatic N) is 2. The molecule has 2 amide bonds. The summed E-state index contributed by atoms with van der Waals surface area (Å²) in [7, 11) is -4.14. The molecule has 9 heteroatoms. The molecule has 0 saturated carbocycles. The smallest absolute Gasteiger partial charge is 0.264 e. The highest BCUT2D eigenvalue weighted by molar-refractivity contribution is 7.92. The second kappa shape index (κ2) is 12.9. The first-order valence-electron chi connectivity index (χ1n) is 12.5. The number of carbonyl (C=O) groups excluding carboxylic acids is 2. The number of hydrogen-bond donors (Lipinski definition) is 1. The van der Waals surface area contributed by atoms with Crippen LogP contribution in [-0.4, -0.2) is 44.3 Å². The number of amides is 2. The number of halogens is 1. The number of nitrogens with one attached hydrogen (secondary N) is 1. The van der Waals surface area contributed by atoms with Crippen molar-refractivity contribution >= 4 is 39.1 Å². The quantitative estimate of drug-likeness (QED) is 0.357. The minimum Gasteiger partial charge on any atom is -0.355 e. The largest absolute Gasteiger partial charge is 0.355 e. The normalized spacial score (nSPS) is 12.0. The summed E-state index contributed by atoms with van der Waals surface area (Å²) < 4.78 is 28.8. The summed E-state index contributed by atoms with van der Waals surface area (Å²) in [6.07, 6.45) is 0.373. The Labute approximate surface area is 230 Å². The summed E-state index contributed by atoms with van der Waals surface area (Å²) in [5, 5.41) is 3.21. The molecule has 0 saturated heterocycles. The van der Waals surface area contributed by atoms with Gasteiger partial charge in [-0.2, -0.15) is 0 Å². The van der Waals surface area contributed by atoms with E-state index in [1.54, 1.807) is 31.2 Å². The highest BCUT2D eigenvalue weighted by atomic mass is 35.5. The molecule has 7 nitrogen and oxygen atoms in total. The summed E-state index contributed by atoms with van der Waals surface area (Å²) in [4.78, 5) is 28.4. The first kappa shape index (κ1) is 29.2. The van der Waals surface area contributed by atoms with Gasteiger partial charge in [0.25, 0.3) is 10.0 Å². The molecule has 0 spiro atoms. The highest BCUT2D eigenvalue weighted by Crippen LogP contribution is 2.28. The van der Waals surface area contributed by atoms with E-state index >= 15 is 0 Å². The van der Waals surface area contributed by atoms with E-state index in [4.69, 9.17) is 11.6 Å². The molecule has 1 atom stereocenters. The SMILES string of the molecule is CCNC(=O)[C@H](CC)N(Cc1ccc(C)cc1)C(=O)CN(c1ccccc1C)S(=O)(=O)c1ccc(Cl)cc1. The average Bonchev–Trinajstić information content (AvgIpc) is 2.89. The van der Waals surface area contributed by atoms with Gasteiger partial charge in [0.1, 0.15) is 12.6 Å². The Hall–Kier alpha value is -3.36. The number of para-hydroxylation sites is 1. The fourth-order valence-electron chi connectivity index (χ4n) is 4.19. The Bertz CT molecular complexity index is 1360. The van der Waals surface area contributed by atoms with Crippen molar-refractivity contribution in [2.24, 2.45) is 0 Å². The first-order chi connectivity index (χ1) is 18.1. The number of rotatable bonds is 11. The van der Waals surface area contributed by atoms with Crippen LogP contribution in [0.25, 0.3) is 0 Å². The lowest BCUT2D eigenvalue weighted by atomic mass is 10.1. The molecule has 0 aliphatic heterocycles. The van der Waals surface area contributed by atoms with E-state index in [9.17, 15) is 18.0 Å². The summed E-state index contributed by atoms with van der Waals surface area (Å²) in [6.45, 7) is 7.51. The third kappa shape index (κ3) is 6.94. The molecule has 0 heterocycles. The Balaban J connectivity index is 2.06.